The molecule has 3 heteroatoms. The van der Waals surface area contributed by atoms with Crippen molar-refractivity contribution in [1.82, 2.24) is 10.2 Å². The Balaban J connectivity index is 1.94. The molecule has 0 spiro atoms. The highest BCUT2D eigenvalue weighted by Crippen LogP contribution is 2.24. The summed E-state index contributed by atoms with van der Waals surface area (Å²) in [7, 11) is 1.79. The molecule has 0 aliphatic carbocycles. The average Bonchev–Trinajstić information content (AvgIpc) is 2.52. The summed E-state index contributed by atoms with van der Waals surface area (Å²) in [5.41, 5.74) is 1.70. The van der Waals surface area contributed by atoms with Crippen molar-refractivity contribution in [2.24, 2.45) is 0 Å². The van der Waals surface area contributed by atoms with E-state index >= 15 is 0 Å². The van der Waals surface area contributed by atoms with Crippen LogP contribution in [0.15, 0.2) is 30.3 Å². The fourth-order valence-corrected chi connectivity index (χ4v) is 3.17. The Morgan fingerprint density at radius 3 is 2.76 bits per heavy atom. The number of hydrogen-bond acceptors (Lipinski definition) is 3. The summed E-state index contributed by atoms with van der Waals surface area (Å²) in [5, 5.41) is 3.76. The number of ether oxygens (including phenoxy) is 1. The van der Waals surface area contributed by atoms with Gasteiger partial charge in [0, 0.05) is 44.9 Å². The van der Waals surface area contributed by atoms with E-state index in [1.807, 2.05) is 0 Å². The van der Waals surface area contributed by atoms with Gasteiger partial charge in [0.15, 0.2) is 0 Å². The molecule has 3 nitrogen and oxygen atoms in total. The van der Waals surface area contributed by atoms with Crippen molar-refractivity contribution in [3.8, 4) is 0 Å². The Kier molecular flexibility index (Phi) is 6.22. The van der Waals surface area contributed by atoms with E-state index in [0.29, 0.717) is 6.04 Å². The van der Waals surface area contributed by atoms with Crippen LogP contribution < -0.4 is 5.32 Å². The van der Waals surface area contributed by atoms with E-state index in [2.05, 4.69) is 54.4 Å². The normalized spacial score (nSPS) is 26.9. The minimum absolute atomic E-state index is 0.279. The smallest absolute Gasteiger partial charge is 0.0474 e. The standard InChI is InChI=1S/C18H30N2O/c1-4-18(2)15-19-17(13-16-9-6-5-7-10-16)14-20(18)11-8-12-21-3/h5-7,9-10,17,19H,4,8,11-15H2,1-3H3. The number of piperazine rings is 1. The van der Waals surface area contributed by atoms with Gasteiger partial charge in [0.25, 0.3) is 0 Å². The molecular formula is C18H30N2O. The zero-order valence-corrected chi connectivity index (χ0v) is 13.8. The summed E-state index contributed by atoms with van der Waals surface area (Å²) in [6.45, 7) is 8.86. The van der Waals surface area contributed by atoms with Gasteiger partial charge in [-0.2, -0.15) is 0 Å². The fraction of sp³-hybridized carbons (Fsp3) is 0.667. The topological polar surface area (TPSA) is 24.5 Å². The largest absolute Gasteiger partial charge is 0.385 e. The van der Waals surface area contributed by atoms with Gasteiger partial charge >= 0.3 is 0 Å². The second-order valence-corrected chi connectivity index (χ2v) is 6.41. The van der Waals surface area contributed by atoms with Crippen molar-refractivity contribution in [1.29, 1.82) is 0 Å². The lowest BCUT2D eigenvalue weighted by Gasteiger charge is -2.48. The van der Waals surface area contributed by atoms with Crippen LogP contribution in [-0.4, -0.2) is 49.8 Å². The van der Waals surface area contributed by atoms with Gasteiger partial charge in [-0.15, -0.1) is 0 Å². The number of benzene rings is 1. The maximum atomic E-state index is 5.21. The lowest BCUT2D eigenvalue weighted by Crippen LogP contribution is -2.63. The summed E-state index contributed by atoms with van der Waals surface area (Å²) in [6, 6.07) is 11.3. The van der Waals surface area contributed by atoms with Gasteiger partial charge in [-0.25, -0.2) is 0 Å². The molecule has 0 aromatic heterocycles. The maximum Gasteiger partial charge on any atom is 0.0474 e. The quantitative estimate of drug-likeness (QED) is 0.782. The van der Waals surface area contributed by atoms with Crippen LogP contribution in [-0.2, 0) is 11.2 Å². The Morgan fingerprint density at radius 1 is 1.33 bits per heavy atom. The molecule has 2 unspecified atom stereocenters. The maximum absolute atomic E-state index is 5.21. The second kappa shape index (κ2) is 7.92. The first kappa shape index (κ1) is 16.5. The molecule has 1 aromatic rings. The number of nitrogens with one attached hydrogen (secondary N) is 1. The molecule has 0 saturated carbocycles. The third kappa shape index (κ3) is 4.53. The highest BCUT2D eigenvalue weighted by atomic mass is 16.5. The second-order valence-electron chi connectivity index (χ2n) is 6.41. The van der Waals surface area contributed by atoms with E-state index in [1.54, 1.807) is 7.11 Å². The van der Waals surface area contributed by atoms with Crippen molar-refractivity contribution in [2.75, 3.05) is 33.4 Å². The Labute approximate surface area is 129 Å². The van der Waals surface area contributed by atoms with E-state index in [0.717, 1.165) is 39.1 Å². The van der Waals surface area contributed by atoms with Crippen LogP contribution >= 0.6 is 0 Å². The number of hydrogen-bond donors (Lipinski definition) is 1. The molecule has 0 radical (unpaired) electrons. The van der Waals surface area contributed by atoms with E-state index in [9.17, 15) is 0 Å². The van der Waals surface area contributed by atoms with Crippen LogP contribution in [0.4, 0.5) is 0 Å². The summed E-state index contributed by atoms with van der Waals surface area (Å²) in [4.78, 5) is 2.66. The SMILES string of the molecule is CCC1(C)CNC(Cc2ccccc2)CN1CCCOC. The monoisotopic (exact) mass is 290 g/mol. The van der Waals surface area contributed by atoms with Crippen molar-refractivity contribution >= 4 is 0 Å². The van der Waals surface area contributed by atoms with Crippen LogP contribution in [0, 0.1) is 0 Å². The predicted molar refractivity (Wildman–Crippen MR) is 88.7 cm³/mol. The van der Waals surface area contributed by atoms with Crippen LogP contribution in [0.5, 0.6) is 0 Å². The molecule has 2 rings (SSSR count). The lowest BCUT2D eigenvalue weighted by molar-refractivity contribution is 0.0409. The Bertz CT molecular complexity index is 409. The molecule has 0 bridgehead atoms. The zero-order chi connectivity index (χ0) is 15.1. The predicted octanol–water partition coefficient (Wildman–Crippen LogP) is 2.71. The molecule has 1 heterocycles. The highest BCUT2D eigenvalue weighted by Gasteiger charge is 2.35. The molecule has 1 aromatic carbocycles. The molecule has 118 valence electrons. The van der Waals surface area contributed by atoms with E-state index in [1.165, 1.54) is 12.0 Å². The van der Waals surface area contributed by atoms with Gasteiger partial charge in [0.05, 0.1) is 0 Å². The van der Waals surface area contributed by atoms with Gasteiger partial charge in [0.1, 0.15) is 0 Å². The minimum atomic E-state index is 0.279. The summed E-state index contributed by atoms with van der Waals surface area (Å²) in [6.07, 6.45) is 3.41. The molecule has 1 N–H and O–H groups in total. The third-order valence-electron chi connectivity index (χ3n) is 4.84. The molecule has 1 saturated heterocycles. The molecule has 1 aliphatic rings. The van der Waals surface area contributed by atoms with Crippen LogP contribution in [0.25, 0.3) is 0 Å². The molecule has 21 heavy (non-hydrogen) atoms. The van der Waals surface area contributed by atoms with Crippen molar-refractivity contribution < 1.29 is 4.74 Å². The van der Waals surface area contributed by atoms with Gasteiger partial charge in [-0.05, 0) is 31.7 Å². The first-order valence-electron chi connectivity index (χ1n) is 8.19. The highest BCUT2D eigenvalue weighted by molar-refractivity contribution is 5.16. The zero-order valence-electron chi connectivity index (χ0n) is 13.8. The van der Waals surface area contributed by atoms with Gasteiger partial charge < -0.3 is 10.1 Å². The molecular weight excluding hydrogens is 260 g/mol. The average molecular weight is 290 g/mol. The molecule has 1 fully saturated rings. The van der Waals surface area contributed by atoms with Gasteiger partial charge in [0.2, 0.25) is 0 Å². The van der Waals surface area contributed by atoms with Crippen LogP contribution in [0.3, 0.4) is 0 Å². The first-order chi connectivity index (χ1) is 10.2. The Hall–Kier alpha value is -0.900. The van der Waals surface area contributed by atoms with Crippen molar-refractivity contribution in [2.45, 2.75) is 44.7 Å². The number of nitrogens with zero attached hydrogens (tertiary/aromatic N) is 1. The van der Waals surface area contributed by atoms with Crippen LogP contribution in [0.2, 0.25) is 0 Å². The Morgan fingerprint density at radius 2 is 2.10 bits per heavy atom. The van der Waals surface area contributed by atoms with Crippen molar-refractivity contribution in [3.63, 3.8) is 0 Å². The van der Waals surface area contributed by atoms with Gasteiger partial charge in [-0.3, -0.25) is 4.90 Å². The third-order valence-corrected chi connectivity index (χ3v) is 4.84. The molecule has 1 aliphatic heterocycles. The summed E-state index contributed by atoms with van der Waals surface area (Å²) < 4.78 is 5.21. The van der Waals surface area contributed by atoms with E-state index in [-0.39, 0.29) is 5.54 Å². The summed E-state index contributed by atoms with van der Waals surface area (Å²) in [5.74, 6) is 0. The fourth-order valence-electron chi connectivity index (χ4n) is 3.17. The minimum Gasteiger partial charge on any atom is -0.385 e. The molecule has 0 amide bonds. The van der Waals surface area contributed by atoms with Crippen LogP contribution in [0.1, 0.15) is 32.3 Å². The number of rotatable bonds is 7. The van der Waals surface area contributed by atoms with E-state index in [4.69, 9.17) is 4.74 Å². The van der Waals surface area contributed by atoms with Crippen molar-refractivity contribution in [3.05, 3.63) is 35.9 Å². The van der Waals surface area contributed by atoms with E-state index < -0.39 is 0 Å². The number of methoxy groups -OCH3 is 1. The van der Waals surface area contributed by atoms with Gasteiger partial charge in [-0.1, -0.05) is 37.3 Å². The molecule has 2 atom stereocenters. The first-order valence-corrected chi connectivity index (χ1v) is 8.19. The lowest BCUT2D eigenvalue weighted by atomic mass is 9.90. The summed E-state index contributed by atoms with van der Waals surface area (Å²) >= 11 is 0.